The van der Waals surface area contributed by atoms with Gasteiger partial charge in [-0.15, -0.1) is 0 Å². The van der Waals surface area contributed by atoms with Crippen LogP contribution in [0.15, 0.2) is 10.9 Å². The van der Waals surface area contributed by atoms with E-state index in [1.165, 1.54) is 12.5 Å². The normalized spacial score (nSPS) is 22.1. The second-order valence-electron chi connectivity index (χ2n) is 5.73. The molecule has 2 fully saturated rings. The maximum absolute atomic E-state index is 11.8. The summed E-state index contributed by atoms with van der Waals surface area (Å²) < 4.78 is 0. The van der Waals surface area contributed by atoms with Crippen LogP contribution in [0.1, 0.15) is 37.4 Å². The van der Waals surface area contributed by atoms with Gasteiger partial charge in [-0.1, -0.05) is 0 Å². The zero-order valence-electron chi connectivity index (χ0n) is 11.6. The minimum absolute atomic E-state index is 0.0694. The Kier molecular flexibility index (Phi) is 4.03. The van der Waals surface area contributed by atoms with E-state index in [-0.39, 0.29) is 12.2 Å². The number of aromatic amines is 1. The molecule has 1 unspecified atom stereocenters. The summed E-state index contributed by atoms with van der Waals surface area (Å²) in [5.74, 6) is 1.91. The Hall–Kier alpha value is -1.40. The molecular weight excluding hydrogens is 256 g/mol. The molecular formula is C14H22N4O2. The number of aliphatic hydroxyl groups excluding tert-OH is 1. The molecule has 0 aromatic carbocycles. The Balaban J connectivity index is 1.79. The number of hydrogen-bond donors (Lipinski definition) is 3. The van der Waals surface area contributed by atoms with Crippen LogP contribution in [-0.4, -0.2) is 47.4 Å². The van der Waals surface area contributed by atoms with E-state index < -0.39 is 0 Å². The van der Waals surface area contributed by atoms with Crippen LogP contribution >= 0.6 is 0 Å². The lowest BCUT2D eigenvalue weighted by atomic mass is 10.2. The van der Waals surface area contributed by atoms with E-state index in [9.17, 15) is 9.90 Å². The highest BCUT2D eigenvalue weighted by Gasteiger charge is 2.27. The highest BCUT2D eigenvalue weighted by atomic mass is 16.3. The molecule has 1 atom stereocenters. The van der Waals surface area contributed by atoms with E-state index in [0.29, 0.717) is 24.3 Å². The number of nitrogens with zero attached hydrogens (tertiary/aromatic N) is 2. The van der Waals surface area contributed by atoms with Gasteiger partial charge < -0.3 is 20.3 Å². The molecule has 6 nitrogen and oxygen atoms in total. The molecule has 1 saturated carbocycles. The van der Waals surface area contributed by atoms with Crippen molar-refractivity contribution in [2.45, 2.75) is 37.6 Å². The Morgan fingerprint density at radius 3 is 2.90 bits per heavy atom. The SMILES string of the molecule is O=c1cc(N(CCO)CC2CCCN2)nc(C2CC2)[nH]1. The van der Waals surface area contributed by atoms with E-state index >= 15 is 0 Å². The van der Waals surface area contributed by atoms with E-state index in [1.54, 1.807) is 0 Å². The van der Waals surface area contributed by atoms with Crippen molar-refractivity contribution in [3.05, 3.63) is 22.2 Å². The van der Waals surface area contributed by atoms with Gasteiger partial charge in [-0.2, -0.15) is 0 Å². The van der Waals surface area contributed by atoms with E-state index in [2.05, 4.69) is 15.3 Å². The fourth-order valence-corrected chi connectivity index (χ4v) is 2.77. The third-order valence-corrected chi connectivity index (χ3v) is 4.01. The Morgan fingerprint density at radius 2 is 2.25 bits per heavy atom. The minimum atomic E-state index is -0.0979. The second kappa shape index (κ2) is 5.93. The molecule has 1 aliphatic heterocycles. The molecule has 110 valence electrons. The van der Waals surface area contributed by atoms with Gasteiger partial charge in [-0.25, -0.2) is 4.98 Å². The highest BCUT2D eigenvalue weighted by molar-refractivity contribution is 5.38. The van der Waals surface area contributed by atoms with Crippen LogP contribution in [0.3, 0.4) is 0 Å². The zero-order chi connectivity index (χ0) is 13.9. The monoisotopic (exact) mass is 278 g/mol. The van der Waals surface area contributed by atoms with E-state index in [4.69, 9.17) is 0 Å². The Morgan fingerprint density at radius 1 is 1.40 bits per heavy atom. The van der Waals surface area contributed by atoms with Crippen molar-refractivity contribution in [3.63, 3.8) is 0 Å². The topological polar surface area (TPSA) is 81.2 Å². The average Bonchev–Trinajstić information content (AvgIpc) is 3.16. The molecule has 2 heterocycles. The number of nitrogens with one attached hydrogen (secondary N) is 2. The molecule has 1 saturated heterocycles. The fourth-order valence-electron chi connectivity index (χ4n) is 2.77. The smallest absolute Gasteiger partial charge is 0.252 e. The molecule has 0 bridgehead atoms. The number of H-pyrrole nitrogens is 1. The van der Waals surface area contributed by atoms with E-state index in [0.717, 1.165) is 38.2 Å². The molecule has 20 heavy (non-hydrogen) atoms. The minimum Gasteiger partial charge on any atom is -0.395 e. The van der Waals surface area contributed by atoms with Crippen molar-refractivity contribution < 1.29 is 5.11 Å². The summed E-state index contributed by atoms with van der Waals surface area (Å²) in [5, 5.41) is 12.7. The van der Waals surface area contributed by atoms with Gasteiger partial charge in [0.25, 0.3) is 5.56 Å². The molecule has 3 N–H and O–H groups in total. The molecule has 1 aromatic rings. The van der Waals surface area contributed by atoms with Crippen molar-refractivity contribution in [2.75, 3.05) is 31.1 Å². The van der Waals surface area contributed by atoms with Crippen molar-refractivity contribution >= 4 is 5.82 Å². The summed E-state index contributed by atoms with van der Waals surface area (Å²) in [5.41, 5.74) is -0.0979. The fraction of sp³-hybridized carbons (Fsp3) is 0.714. The zero-order valence-corrected chi connectivity index (χ0v) is 11.6. The molecule has 1 aliphatic carbocycles. The van der Waals surface area contributed by atoms with Gasteiger partial charge >= 0.3 is 0 Å². The van der Waals surface area contributed by atoms with Gasteiger partial charge in [-0.05, 0) is 32.2 Å². The number of aromatic nitrogens is 2. The molecule has 6 heteroatoms. The molecule has 1 aromatic heterocycles. The number of anilines is 1. The first-order valence-electron chi connectivity index (χ1n) is 7.46. The van der Waals surface area contributed by atoms with Crippen LogP contribution in [0.5, 0.6) is 0 Å². The highest BCUT2D eigenvalue weighted by Crippen LogP contribution is 2.37. The quantitative estimate of drug-likeness (QED) is 0.692. The largest absolute Gasteiger partial charge is 0.395 e. The maximum Gasteiger partial charge on any atom is 0.252 e. The summed E-state index contributed by atoms with van der Waals surface area (Å²) >= 11 is 0. The average molecular weight is 278 g/mol. The third-order valence-electron chi connectivity index (χ3n) is 4.01. The molecule has 3 rings (SSSR count). The number of aliphatic hydroxyl groups is 1. The molecule has 0 amide bonds. The van der Waals surface area contributed by atoms with Crippen LogP contribution in [0.25, 0.3) is 0 Å². The first-order chi connectivity index (χ1) is 9.76. The lowest BCUT2D eigenvalue weighted by molar-refractivity contribution is 0.300. The van der Waals surface area contributed by atoms with Crippen LogP contribution < -0.4 is 15.8 Å². The summed E-state index contributed by atoms with van der Waals surface area (Å²) in [4.78, 5) is 21.2. The van der Waals surface area contributed by atoms with Gasteiger partial charge in [0.15, 0.2) is 0 Å². The third kappa shape index (κ3) is 3.19. The summed E-state index contributed by atoms with van der Waals surface area (Å²) in [6, 6.07) is 1.96. The number of hydrogen-bond acceptors (Lipinski definition) is 5. The summed E-state index contributed by atoms with van der Waals surface area (Å²) in [6.45, 7) is 2.42. The lowest BCUT2D eigenvalue weighted by Crippen LogP contribution is -2.40. The van der Waals surface area contributed by atoms with Crippen molar-refractivity contribution in [2.24, 2.45) is 0 Å². The molecule has 0 radical (unpaired) electrons. The first-order valence-corrected chi connectivity index (χ1v) is 7.46. The second-order valence-corrected chi connectivity index (χ2v) is 5.73. The lowest BCUT2D eigenvalue weighted by Gasteiger charge is -2.26. The van der Waals surface area contributed by atoms with Crippen LogP contribution in [0.4, 0.5) is 5.82 Å². The van der Waals surface area contributed by atoms with E-state index in [1.807, 2.05) is 4.90 Å². The number of rotatable bonds is 6. The van der Waals surface area contributed by atoms with Gasteiger partial charge in [0.1, 0.15) is 11.6 Å². The van der Waals surface area contributed by atoms with Gasteiger partial charge in [-0.3, -0.25) is 4.79 Å². The standard InChI is InChI=1S/C14H22N4O2/c19-7-6-18(9-11-2-1-5-15-11)12-8-13(20)17-14(16-12)10-3-4-10/h8,10-11,15,19H,1-7,9H2,(H,16,17,20). The molecule has 0 spiro atoms. The van der Waals surface area contributed by atoms with Crippen molar-refractivity contribution in [3.8, 4) is 0 Å². The van der Waals surface area contributed by atoms with Crippen molar-refractivity contribution in [1.29, 1.82) is 0 Å². The van der Waals surface area contributed by atoms with Crippen LogP contribution in [-0.2, 0) is 0 Å². The van der Waals surface area contributed by atoms with Crippen LogP contribution in [0.2, 0.25) is 0 Å². The predicted octanol–water partition coefficient (Wildman–Crippen LogP) is 0.198. The summed E-state index contributed by atoms with van der Waals surface area (Å²) in [7, 11) is 0. The van der Waals surface area contributed by atoms with Gasteiger partial charge in [0.05, 0.1) is 6.61 Å². The Bertz CT molecular complexity index is 506. The predicted molar refractivity (Wildman–Crippen MR) is 77.2 cm³/mol. The van der Waals surface area contributed by atoms with Crippen molar-refractivity contribution in [1.82, 2.24) is 15.3 Å². The maximum atomic E-state index is 11.8. The first kappa shape index (κ1) is 13.6. The van der Waals surface area contributed by atoms with Gasteiger partial charge in [0.2, 0.25) is 0 Å². The summed E-state index contributed by atoms with van der Waals surface area (Å²) in [6.07, 6.45) is 4.54. The Labute approximate surface area is 118 Å². The van der Waals surface area contributed by atoms with Gasteiger partial charge in [0, 0.05) is 31.1 Å². The molecule has 2 aliphatic rings. The van der Waals surface area contributed by atoms with Crippen LogP contribution in [0, 0.1) is 0 Å².